The van der Waals surface area contributed by atoms with Crippen molar-refractivity contribution in [2.75, 3.05) is 19.0 Å². The van der Waals surface area contributed by atoms with E-state index in [0.717, 1.165) is 11.3 Å². The maximum atomic E-state index is 4.68. The molecule has 2 nitrogen and oxygen atoms in total. The Morgan fingerprint density at radius 2 is 1.29 bits per heavy atom. The molecule has 5 rings (SSSR count). The van der Waals surface area contributed by atoms with Crippen molar-refractivity contribution in [2.45, 2.75) is 15.7 Å². The van der Waals surface area contributed by atoms with E-state index in [0.29, 0.717) is 0 Å². The van der Waals surface area contributed by atoms with Gasteiger partial charge in [0.15, 0.2) is 0 Å². The molecule has 1 aliphatic rings. The second-order valence-corrected chi connectivity index (χ2v) is 9.03. The SMILES string of the molecule is CN(C)c1ccc(C=Nc2ccc(C3c4ccccc4Sc4ccccc43)cc2)cc1. The smallest absolute Gasteiger partial charge is 0.0630 e. The number of benzene rings is 4. The van der Waals surface area contributed by atoms with Crippen molar-refractivity contribution in [2.24, 2.45) is 4.99 Å². The van der Waals surface area contributed by atoms with Crippen molar-refractivity contribution in [3.8, 4) is 0 Å². The third-order valence-electron chi connectivity index (χ3n) is 5.68. The van der Waals surface area contributed by atoms with Crippen molar-refractivity contribution in [3.63, 3.8) is 0 Å². The molecule has 0 aromatic heterocycles. The van der Waals surface area contributed by atoms with Crippen LogP contribution in [0.15, 0.2) is 112 Å². The molecule has 0 bridgehead atoms. The number of aliphatic imine (C=N–C) groups is 1. The molecule has 3 heteroatoms. The van der Waals surface area contributed by atoms with Gasteiger partial charge < -0.3 is 4.90 Å². The van der Waals surface area contributed by atoms with Gasteiger partial charge in [-0.25, -0.2) is 0 Å². The molecule has 0 unspecified atom stereocenters. The molecule has 1 heterocycles. The molecule has 152 valence electrons. The summed E-state index contributed by atoms with van der Waals surface area (Å²) in [6.45, 7) is 0. The van der Waals surface area contributed by atoms with Crippen LogP contribution >= 0.6 is 11.8 Å². The highest BCUT2D eigenvalue weighted by Gasteiger charge is 2.26. The Labute approximate surface area is 188 Å². The van der Waals surface area contributed by atoms with Gasteiger partial charge in [-0.05, 0) is 58.7 Å². The van der Waals surface area contributed by atoms with Crippen LogP contribution in [-0.2, 0) is 0 Å². The topological polar surface area (TPSA) is 15.6 Å². The van der Waals surface area contributed by atoms with Gasteiger partial charge in [-0.2, -0.15) is 0 Å². The first-order valence-electron chi connectivity index (χ1n) is 10.5. The van der Waals surface area contributed by atoms with Crippen molar-refractivity contribution >= 4 is 29.4 Å². The van der Waals surface area contributed by atoms with Crippen LogP contribution in [0.25, 0.3) is 0 Å². The molecule has 0 saturated heterocycles. The fourth-order valence-electron chi connectivity index (χ4n) is 4.03. The van der Waals surface area contributed by atoms with E-state index in [1.54, 1.807) is 0 Å². The van der Waals surface area contributed by atoms with Crippen molar-refractivity contribution in [1.82, 2.24) is 0 Å². The predicted octanol–water partition coefficient (Wildman–Crippen LogP) is 7.15. The first kappa shape index (κ1) is 19.7. The summed E-state index contributed by atoms with van der Waals surface area (Å²) in [5, 5.41) is 0. The maximum absolute atomic E-state index is 4.68. The van der Waals surface area contributed by atoms with Crippen LogP contribution in [0.4, 0.5) is 11.4 Å². The van der Waals surface area contributed by atoms with E-state index in [4.69, 9.17) is 0 Å². The minimum atomic E-state index is 0.255. The summed E-state index contributed by atoms with van der Waals surface area (Å²) in [6.07, 6.45) is 1.93. The Hall–Kier alpha value is -3.30. The quantitative estimate of drug-likeness (QED) is 0.287. The second-order valence-electron chi connectivity index (χ2n) is 7.95. The molecular weight excluding hydrogens is 396 g/mol. The van der Waals surface area contributed by atoms with E-state index in [9.17, 15) is 0 Å². The fourth-order valence-corrected chi connectivity index (χ4v) is 5.17. The first-order valence-corrected chi connectivity index (χ1v) is 11.3. The molecule has 0 spiro atoms. The van der Waals surface area contributed by atoms with Crippen LogP contribution in [0.5, 0.6) is 0 Å². The minimum Gasteiger partial charge on any atom is -0.378 e. The van der Waals surface area contributed by atoms with Gasteiger partial charge in [0.05, 0.1) is 5.69 Å². The molecule has 0 fully saturated rings. The molecule has 0 N–H and O–H groups in total. The largest absolute Gasteiger partial charge is 0.378 e. The molecule has 1 aliphatic heterocycles. The van der Waals surface area contributed by atoms with Gasteiger partial charge >= 0.3 is 0 Å². The summed E-state index contributed by atoms with van der Waals surface area (Å²) in [7, 11) is 4.10. The van der Waals surface area contributed by atoms with E-state index in [-0.39, 0.29) is 5.92 Å². The minimum absolute atomic E-state index is 0.255. The lowest BCUT2D eigenvalue weighted by molar-refractivity contribution is 0.902. The maximum Gasteiger partial charge on any atom is 0.0630 e. The van der Waals surface area contributed by atoms with Gasteiger partial charge in [-0.3, -0.25) is 4.99 Å². The molecular formula is C28H24N2S. The molecule has 31 heavy (non-hydrogen) atoms. The number of anilines is 1. The first-order chi connectivity index (χ1) is 15.2. The number of hydrogen-bond donors (Lipinski definition) is 0. The van der Waals surface area contributed by atoms with Crippen LogP contribution in [-0.4, -0.2) is 20.3 Å². The third kappa shape index (κ3) is 4.01. The van der Waals surface area contributed by atoms with Gasteiger partial charge in [0.25, 0.3) is 0 Å². The summed E-state index contributed by atoms with van der Waals surface area (Å²) in [4.78, 5) is 9.46. The van der Waals surface area contributed by atoms with Gasteiger partial charge in [0.2, 0.25) is 0 Å². The van der Waals surface area contributed by atoms with E-state index in [1.165, 1.54) is 32.2 Å². The summed E-state index contributed by atoms with van der Waals surface area (Å²) in [5.74, 6) is 0.255. The number of rotatable bonds is 4. The van der Waals surface area contributed by atoms with Crippen LogP contribution in [0.3, 0.4) is 0 Å². The molecule has 4 aromatic carbocycles. The highest BCUT2D eigenvalue weighted by Crippen LogP contribution is 2.48. The lowest BCUT2D eigenvalue weighted by Crippen LogP contribution is -2.09. The van der Waals surface area contributed by atoms with Gasteiger partial charge in [0, 0.05) is 41.7 Å². The average Bonchev–Trinajstić information content (AvgIpc) is 2.82. The highest BCUT2D eigenvalue weighted by molar-refractivity contribution is 7.99. The molecule has 0 atom stereocenters. The van der Waals surface area contributed by atoms with E-state index >= 15 is 0 Å². The van der Waals surface area contributed by atoms with Crippen LogP contribution in [0.2, 0.25) is 0 Å². The Morgan fingerprint density at radius 1 is 0.710 bits per heavy atom. The van der Waals surface area contributed by atoms with Crippen molar-refractivity contribution in [1.29, 1.82) is 0 Å². The standard InChI is InChI=1S/C28H24N2S/c1-30(2)23-17-11-20(12-18-23)19-29-22-15-13-21(14-16-22)28-24-7-3-5-9-26(24)31-27-10-6-4-8-25(27)28/h3-19,28H,1-2H3. The van der Waals surface area contributed by atoms with E-state index in [2.05, 4.69) is 107 Å². The van der Waals surface area contributed by atoms with Crippen LogP contribution in [0, 0.1) is 0 Å². The third-order valence-corrected chi connectivity index (χ3v) is 6.86. The fraction of sp³-hybridized carbons (Fsp3) is 0.107. The van der Waals surface area contributed by atoms with E-state index < -0.39 is 0 Å². The van der Waals surface area contributed by atoms with Crippen molar-refractivity contribution < 1.29 is 0 Å². The van der Waals surface area contributed by atoms with Crippen LogP contribution in [0.1, 0.15) is 28.2 Å². The Kier molecular flexibility index (Phi) is 5.35. The number of fused-ring (bicyclic) bond motifs is 2. The van der Waals surface area contributed by atoms with E-state index in [1.807, 2.05) is 32.1 Å². The van der Waals surface area contributed by atoms with Gasteiger partial charge in [-0.15, -0.1) is 0 Å². The molecule has 0 aliphatic carbocycles. The number of nitrogens with zero attached hydrogens (tertiary/aromatic N) is 2. The zero-order valence-corrected chi connectivity index (χ0v) is 18.5. The predicted molar refractivity (Wildman–Crippen MR) is 132 cm³/mol. The lowest BCUT2D eigenvalue weighted by atomic mass is 9.84. The summed E-state index contributed by atoms with van der Waals surface area (Å²) < 4.78 is 0. The lowest BCUT2D eigenvalue weighted by Gasteiger charge is -2.28. The normalized spacial score (nSPS) is 13.1. The van der Waals surface area contributed by atoms with Gasteiger partial charge in [0.1, 0.15) is 0 Å². The zero-order chi connectivity index (χ0) is 21.2. The summed E-state index contributed by atoms with van der Waals surface area (Å²) in [5.41, 5.74) is 7.31. The molecule has 4 aromatic rings. The van der Waals surface area contributed by atoms with Crippen molar-refractivity contribution in [3.05, 3.63) is 119 Å². The highest BCUT2D eigenvalue weighted by atomic mass is 32.2. The molecule has 0 saturated carbocycles. The molecule has 0 radical (unpaired) electrons. The Balaban J connectivity index is 1.43. The summed E-state index contributed by atoms with van der Waals surface area (Å²) >= 11 is 1.87. The molecule has 0 amide bonds. The Morgan fingerprint density at radius 3 is 1.87 bits per heavy atom. The Bertz CT molecular complexity index is 1180. The van der Waals surface area contributed by atoms with Crippen LogP contribution < -0.4 is 4.90 Å². The monoisotopic (exact) mass is 420 g/mol. The zero-order valence-electron chi connectivity index (χ0n) is 17.7. The van der Waals surface area contributed by atoms with Gasteiger partial charge in [-0.1, -0.05) is 72.4 Å². The summed E-state index contributed by atoms with van der Waals surface area (Å²) in [6, 6.07) is 34.6. The second kappa shape index (κ2) is 8.44. The number of hydrogen-bond acceptors (Lipinski definition) is 3. The average molecular weight is 421 g/mol.